The zero-order chi connectivity index (χ0) is 16.5. The summed E-state index contributed by atoms with van der Waals surface area (Å²) in [5, 5.41) is 6.48. The van der Waals surface area contributed by atoms with Crippen LogP contribution in [0, 0.1) is 6.92 Å². The topological polar surface area (TPSA) is 50.4 Å². The van der Waals surface area contributed by atoms with E-state index in [1.54, 1.807) is 0 Å². The molecule has 0 saturated heterocycles. The van der Waals surface area contributed by atoms with E-state index in [-0.39, 0.29) is 11.9 Å². The summed E-state index contributed by atoms with van der Waals surface area (Å²) in [7, 11) is 0. The van der Waals surface area contributed by atoms with Crippen molar-refractivity contribution in [1.82, 2.24) is 5.32 Å². The van der Waals surface area contributed by atoms with Crippen LogP contribution in [0.1, 0.15) is 22.3 Å². The largest absolute Gasteiger partial charge is 0.491 e. The molecule has 2 heterocycles. The highest BCUT2D eigenvalue weighted by atomic mass is 16.5. The Hall–Kier alpha value is -2.49. The molecule has 1 atom stereocenters. The van der Waals surface area contributed by atoms with E-state index in [2.05, 4.69) is 41.8 Å². The van der Waals surface area contributed by atoms with Gasteiger partial charge in [0.25, 0.3) is 0 Å². The third kappa shape index (κ3) is 2.96. The van der Waals surface area contributed by atoms with Gasteiger partial charge < -0.3 is 15.4 Å². The van der Waals surface area contributed by atoms with E-state index in [9.17, 15) is 4.79 Å². The van der Waals surface area contributed by atoms with Gasteiger partial charge in [0.05, 0.1) is 12.5 Å². The fraction of sp³-hybridized carbons (Fsp3) is 0.350. The molecule has 2 aromatic carbocycles. The number of benzene rings is 2. The van der Waals surface area contributed by atoms with Crippen molar-refractivity contribution < 1.29 is 9.53 Å². The molecule has 2 N–H and O–H groups in total. The minimum Gasteiger partial charge on any atom is -0.491 e. The molecule has 4 heteroatoms. The number of aryl methyl sites for hydroxylation is 1. The molecule has 0 saturated carbocycles. The molecule has 124 valence electrons. The van der Waals surface area contributed by atoms with Crippen molar-refractivity contribution in [3.05, 3.63) is 58.7 Å². The average Bonchev–Trinajstić information content (AvgIpc) is 3.03. The van der Waals surface area contributed by atoms with Crippen LogP contribution in [0.5, 0.6) is 5.75 Å². The number of carbonyl (C=O) groups excluding carboxylic acids is 1. The smallest absolute Gasteiger partial charge is 0.224 e. The lowest BCUT2D eigenvalue weighted by atomic mass is 9.98. The molecule has 2 aliphatic heterocycles. The third-order valence-corrected chi connectivity index (χ3v) is 4.87. The summed E-state index contributed by atoms with van der Waals surface area (Å²) in [5.74, 6) is 1.00. The van der Waals surface area contributed by atoms with Gasteiger partial charge in [-0.2, -0.15) is 0 Å². The molecule has 0 fully saturated rings. The first-order chi connectivity index (χ1) is 11.7. The molecular weight excluding hydrogens is 300 g/mol. The zero-order valence-electron chi connectivity index (χ0n) is 13.9. The number of hydrogen-bond donors (Lipinski definition) is 2. The number of rotatable bonds is 3. The second-order valence-electron chi connectivity index (χ2n) is 6.68. The maximum absolute atomic E-state index is 12.4. The molecule has 2 aliphatic rings. The van der Waals surface area contributed by atoms with E-state index in [1.165, 1.54) is 22.4 Å². The molecule has 1 unspecified atom stereocenters. The first kappa shape index (κ1) is 15.1. The van der Waals surface area contributed by atoms with Crippen molar-refractivity contribution in [2.75, 3.05) is 18.5 Å². The number of fused-ring (bicyclic) bond motifs is 2. The Morgan fingerprint density at radius 1 is 1.33 bits per heavy atom. The van der Waals surface area contributed by atoms with Gasteiger partial charge in [-0.05, 0) is 54.2 Å². The maximum Gasteiger partial charge on any atom is 0.224 e. The van der Waals surface area contributed by atoms with Crippen LogP contribution in [0.3, 0.4) is 0 Å². The predicted octanol–water partition coefficient (Wildman–Crippen LogP) is 2.63. The quantitative estimate of drug-likeness (QED) is 0.913. The van der Waals surface area contributed by atoms with Gasteiger partial charge >= 0.3 is 0 Å². The van der Waals surface area contributed by atoms with Crippen molar-refractivity contribution in [3.8, 4) is 5.75 Å². The SMILES string of the molecule is Cc1cccc2c1CC(NC(=O)Cc1ccc3c(c1)NCC3)CO2. The van der Waals surface area contributed by atoms with Gasteiger partial charge in [0.1, 0.15) is 12.4 Å². The van der Waals surface area contributed by atoms with E-state index < -0.39 is 0 Å². The number of carbonyl (C=O) groups is 1. The fourth-order valence-corrected chi connectivity index (χ4v) is 3.57. The lowest BCUT2D eigenvalue weighted by molar-refractivity contribution is -0.121. The maximum atomic E-state index is 12.4. The second-order valence-corrected chi connectivity index (χ2v) is 6.68. The van der Waals surface area contributed by atoms with Crippen LogP contribution in [-0.2, 0) is 24.1 Å². The monoisotopic (exact) mass is 322 g/mol. The summed E-state index contributed by atoms with van der Waals surface area (Å²) in [5.41, 5.74) is 5.98. The molecule has 4 nitrogen and oxygen atoms in total. The molecular formula is C20H22N2O2. The minimum atomic E-state index is 0.0404. The van der Waals surface area contributed by atoms with E-state index in [4.69, 9.17) is 4.74 Å². The van der Waals surface area contributed by atoms with Crippen molar-refractivity contribution in [3.63, 3.8) is 0 Å². The van der Waals surface area contributed by atoms with Gasteiger partial charge in [0.2, 0.25) is 5.91 Å². The van der Waals surface area contributed by atoms with E-state index in [0.717, 1.165) is 30.7 Å². The minimum absolute atomic E-state index is 0.0404. The molecule has 4 rings (SSSR count). The Kier molecular flexibility index (Phi) is 3.89. The number of anilines is 1. The number of nitrogens with one attached hydrogen (secondary N) is 2. The third-order valence-electron chi connectivity index (χ3n) is 4.87. The van der Waals surface area contributed by atoms with Crippen molar-refractivity contribution in [1.29, 1.82) is 0 Å². The van der Waals surface area contributed by atoms with Gasteiger partial charge in [-0.1, -0.05) is 24.3 Å². The number of hydrogen-bond acceptors (Lipinski definition) is 3. The normalized spacial score (nSPS) is 18.1. The van der Waals surface area contributed by atoms with Crippen molar-refractivity contribution >= 4 is 11.6 Å². The summed E-state index contributed by atoms with van der Waals surface area (Å²) in [6, 6.07) is 12.4. The van der Waals surface area contributed by atoms with Gasteiger partial charge in [0, 0.05) is 12.2 Å². The summed E-state index contributed by atoms with van der Waals surface area (Å²) in [4.78, 5) is 12.4. The molecule has 1 amide bonds. The van der Waals surface area contributed by atoms with Crippen LogP contribution >= 0.6 is 0 Å². The lowest BCUT2D eigenvalue weighted by Gasteiger charge is -2.27. The Morgan fingerprint density at radius 3 is 3.17 bits per heavy atom. The van der Waals surface area contributed by atoms with E-state index >= 15 is 0 Å². The highest BCUT2D eigenvalue weighted by Crippen LogP contribution is 2.27. The Balaban J connectivity index is 1.39. The van der Waals surface area contributed by atoms with Gasteiger partial charge in [-0.3, -0.25) is 4.79 Å². The van der Waals surface area contributed by atoms with Crippen molar-refractivity contribution in [2.24, 2.45) is 0 Å². The molecule has 0 aliphatic carbocycles. The molecule has 0 aromatic heterocycles. The van der Waals surface area contributed by atoms with Gasteiger partial charge in [-0.15, -0.1) is 0 Å². The Bertz CT molecular complexity index is 785. The first-order valence-electron chi connectivity index (χ1n) is 8.55. The molecule has 24 heavy (non-hydrogen) atoms. The highest BCUT2D eigenvalue weighted by Gasteiger charge is 2.22. The molecule has 0 spiro atoms. The van der Waals surface area contributed by atoms with E-state index in [0.29, 0.717) is 13.0 Å². The van der Waals surface area contributed by atoms with Crippen LogP contribution in [0.2, 0.25) is 0 Å². The Morgan fingerprint density at radius 2 is 2.25 bits per heavy atom. The van der Waals surface area contributed by atoms with Crippen LogP contribution in [0.15, 0.2) is 36.4 Å². The van der Waals surface area contributed by atoms with Crippen LogP contribution in [0.25, 0.3) is 0 Å². The standard InChI is InChI=1S/C20H22N2O2/c1-13-3-2-4-19-17(13)11-16(12-24-19)22-20(23)10-14-5-6-15-7-8-21-18(15)9-14/h2-6,9,16,21H,7-8,10-12H2,1H3,(H,22,23). The van der Waals surface area contributed by atoms with Crippen LogP contribution in [-0.4, -0.2) is 25.1 Å². The summed E-state index contributed by atoms with van der Waals surface area (Å²) < 4.78 is 5.80. The van der Waals surface area contributed by atoms with Crippen LogP contribution in [0.4, 0.5) is 5.69 Å². The number of amides is 1. The summed E-state index contributed by atoms with van der Waals surface area (Å²) >= 11 is 0. The fourth-order valence-electron chi connectivity index (χ4n) is 3.57. The van der Waals surface area contributed by atoms with Crippen molar-refractivity contribution in [2.45, 2.75) is 32.2 Å². The molecule has 0 bridgehead atoms. The van der Waals surface area contributed by atoms with Gasteiger partial charge in [0.15, 0.2) is 0 Å². The average molecular weight is 322 g/mol. The zero-order valence-corrected chi connectivity index (χ0v) is 13.9. The van der Waals surface area contributed by atoms with Crippen LogP contribution < -0.4 is 15.4 Å². The summed E-state index contributed by atoms with van der Waals surface area (Å²) in [6.45, 7) is 3.61. The lowest BCUT2D eigenvalue weighted by Crippen LogP contribution is -2.43. The van der Waals surface area contributed by atoms with E-state index in [1.807, 2.05) is 12.1 Å². The Labute approximate surface area is 142 Å². The number of ether oxygens (including phenoxy) is 1. The predicted molar refractivity (Wildman–Crippen MR) is 94.6 cm³/mol. The molecule has 0 radical (unpaired) electrons. The second kappa shape index (κ2) is 6.19. The molecule has 2 aromatic rings. The van der Waals surface area contributed by atoms with Gasteiger partial charge in [-0.25, -0.2) is 0 Å². The first-order valence-corrected chi connectivity index (χ1v) is 8.55. The highest BCUT2D eigenvalue weighted by molar-refractivity contribution is 5.79. The summed E-state index contributed by atoms with van der Waals surface area (Å²) in [6.07, 6.45) is 2.31.